The molecular weight excluding hydrogens is 462 g/mol. The van der Waals surface area contributed by atoms with Crippen LogP contribution in [0.3, 0.4) is 0 Å². The number of amides is 2. The van der Waals surface area contributed by atoms with E-state index in [0.717, 1.165) is 45.7 Å². The van der Waals surface area contributed by atoms with Crippen molar-refractivity contribution in [1.29, 1.82) is 0 Å². The number of rotatable bonds is 12. The van der Waals surface area contributed by atoms with Gasteiger partial charge in [-0.25, -0.2) is 8.42 Å². The first-order valence-electron chi connectivity index (χ1n) is 12.2. The van der Waals surface area contributed by atoms with Crippen LogP contribution in [-0.4, -0.2) is 50.5 Å². The topological polar surface area (TPSA) is 86.8 Å². The lowest BCUT2D eigenvalue weighted by molar-refractivity contribution is -0.140. The molecule has 1 atom stereocenters. The molecule has 0 aliphatic rings. The summed E-state index contributed by atoms with van der Waals surface area (Å²) in [6.07, 6.45) is 3.31. The zero-order valence-corrected chi connectivity index (χ0v) is 22.6. The van der Waals surface area contributed by atoms with Crippen LogP contribution < -0.4 is 9.62 Å². The van der Waals surface area contributed by atoms with E-state index in [0.29, 0.717) is 18.7 Å². The first-order valence-corrected chi connectivity index (χ1v) is 14.0. The van der Waals surface area contributed by atoms with Gasteiger partial charge in [0.25, 0.3) is 0 Å². The van der Waals surface area contributed by atoms with Crippen molar-refractivity contribution in [3.63, 3.8) is 0 Å². The smallest absolute Gasteiger partial charge is 0.244 e. The fourth-order valence-corrected chi connectivity index (χ4v) is 4.94. The van der Waals surface area contributed by atoms with Crippen LogP contribution in [0.2, 0.25) is 0 Å². The number of hydrogen-bond donors (Lipinski definition) is 1. The molecule has 0 bridgehead atoms. The van der Waals surface area contributed by atoms with Gasteiger partial charge in [0.15, 0.2) is 0 Å². The van der Waals surface area contributed by atoms with E-state index < -0.39 is 22.0 Å². The quantitative estimate of drug-likeness (QED) is 0.444. The molecule has 0 radical (unpaired) electrons. The Hall–Kier alpha value is -2.87. The first kappa shape index (κ1) is 28.4. The Balaban J connectivity index is 2.45. The van der Waals surface area contributed by atoms with Crippen molar-refractivity contribution < 1.29 is 18.0 Å². The lowest BCUT2D eigenvalue weighted by Crippen LogP contribution is -2.52. The summed E-state index contributed by atoms with van der Waals surface area (Å²) < 4.78 is 26.6. The summed E-state index contributed by atoms with van der Waals surface area (Å²) in [4.78, 5) is 28.3. The monoisotopic (exact) mass is 501 g/mol. The minimum Gasteiger partial charge on any atom is -0.354 e. The molecule has 8 heteroatoms. The molecule has 0 saturated carbocycles. The van der Waals surface area contributed by atoms with Crippen molar-refractivity contribution in [2.75, 3.05) is 23.7 Å². The van der Waals surface area contributed by atoms with Crippen LogP contribution in [-0.2, 0) is 26.2 Å². The van der Waals surface area contributed by atoms with E-state index in [2.05, 4.69) is 5.32 Å². The van der Waals surface area contributed by atoms with Crippen molar-refractivity contribution in [1.82, 2.24) is 10.2 Å². The van der Waals surface area contributed by atoms with Crippen molar-refractivity contribution in [3.8, 4) is 0 Å². The number of sulfonamides is 1. The minimum atomic E-state index is -3.75. The first-order chi connectivity index (χ1) is 16.5. The van der Waals surface area contributed by atoms with Crippen LogP contribution in [0.1, 0.15) is 55.4 Å². The van der Waals surface area contributed by atoms with Crippen LogP contribution in [0.5, 0.6) is 0 Å². The Morgan fingerprint density at radius 2 is 1.63 bits per heavy atom. The van der Waals surface area contributed by atoms with Crippen LogP contribution in [0.4, 0.5) is 5.69 Å². The van der Waals surface area contributed by atoms with Crippen molar-refractivity contribution in [2.24, 2.45) is 0 Å². The number of unbranched alkanes of at least 4 members (excludes halogenated alkanes) is 1. The summed E-state index contributed by atoms with van der Waals surface area (Å²) in [6.45, 7) is 10.0. The molecule has 2 aromatic carbocycles. The van der Waals surface area contributed by atoms with Crippen molar-refractivity contribution in [2.45, 2.75) is 66.5 Å². The summed E-state index contributed by atoms with van der Waals surface area (Å²) in [7, 11) is -3.75. The summed E-state index contributed by atoms with van der Waals surface area (Å²) in [6, 6.07) is 12.4. The van der Waals surface area contributed by atoms with Crippen molar-refractivity contribution in [3.05, 3.63) is 64.7 Å². The molecule has 0 aromatic heterocycles. The molecule has 35 heavy (non-hydrogen) atoms. The summed E-state index contributed by atoms with van der Waals surface area (Å²) in [5.74, 6) is -0.643. The summed E-state index contributed by atoms with van der Waals surface area (Å²) >= 11 is 0. The molecule has 1 unspecified atom stereocenters. The molecule has 2 rings (SSSR count). The molecule has 0 aliphatic heterocycles. The Morgan fingerprint density at radius 3 is 2.17 bits per heavy atom. The number of carbonyl (C=O) groups excluding carboxylic acids is 2. The molecule has 192 valence electrons. The van der Waals surface area contributed by atoms with E-state index in [1.807, 2.05) is 65.0 Å². The van der Waals surface area contributed by atoms with E-state index in [1.165, 1.54) is 4.90 Å². The second-order valence-electron chi connectivity index (χ2n) is 9.13. The van der Waals surface area contributed by atoms with Gasteiger partial charge in [-0.1, -0.05) is 50.6 Å². The van der Waals surface area contributed by atoms with Crippen LogP contribution in [0.25, 0.3) is 0 Å². The van der Waals surface area contributed by atoms with E-state index in [1.54, 1.807) is 12.1 Å². The normalized spacial score (nSPS) is 12.2. The molecule has 2 amide bonds. The van der Waals surface area contributed by atoms with Crippen LogP contribution in [0, 0.1) is 20.8 Å². The highest BCUT2D eigenvalue weighted by molar-refractivity contribution is 7.92. The van der Waals surface area contributed by atoms with E-state index in [4.69, 9.17) is 0 Å². The fourth-order valence-electron chi connectivity index (χ4n) is 4.11. The molecular formula is C27H39N3O4S. The lowest BCUT2D eigenvalue weighted by atomic mass is 10.1. The second-order valence-corrected chi connectivity index (χ2v) is 11.0. The maximum Gasteiger partial charge on any atom is 0.244 e. The Morgan fingerprint density at radius 1 is 1.00 bits per heavy atom. The van der Waals surface area contributed by atoms with Crippen LogP contribution in [0.15, 0.2) is 42.5 Å². The standard InChI is InChI=1S/C27H39N3O4S/c1-7-9-14-28-27(32)25(8-2)29(18-23-13-11-10-12-22(23)5)26(31)19-30(35(6,33)34)24-16-20(3)15-21(4)17-24/h10-13,15-17,25H,7-9,14,18-19H2,1-6H3,(H,28,32). The Kier molecular flexibility index (Phi) is 10.3. The van der Waals surface area contributed by atoms with E-state index >= 15 is 0 Å². The number of nitrogens with one attached hydrogen (secondary N) is 1. The highest BCUT2D eigenvalue weighted by atomic mass is 32.2. The molecule has 0 aliphatic carbocycles. The Bertz CT molecular complexity index is 1110. The van der Waals surface area contributed by atoms with E-state index in [9.17, 15) is 18.0 Å². The molecule has 0 spiro atoms. The maximum atomic E-state index is 13.7. The largest absolute Gasteiger partial charge is 0.354 e. The van der Waals surface area contributed by atoms with Gasteiger partial charge in [-0.3, -0.25) is 13.9 Å². The average Bonchev–Trinajstić information content (AvgIpc) is 2.77. The van der Waals surface area contributed by atoms with Gasteiger partial charge in [-0.15, -0.1) is 0 Å². The van der Waals surface area contributed by atoms with E-state index in [-0.39, 0.29) is 19.0 Å². The van der Waals surface area contributed by atoms with Gasteiger partial charge in [-0.2, -0.15) is 0 Å². The van der Waals surface area contributed by atoms with Crippen LogP contribution >= 0.6 is 0 Å². The number of benzene rings is 2. The average molecular weight is 502 g/mol. The predicted octanol–water partition coefficient (Wildman–Crippen LogP) is 4.10. The van der Waals surface area contributed by atoms with Crippen molar-refractivity contribution >= 4 is 27.5 Å². The number of aryl methyl sites for hydroxylation is 3. The summed E-state index contributed by atoms with van der Waals surface area (Å²) in [5.41, 5.74) is 4.16. The number of anilines is 1. The zero-order valence-electron chi connectivity index (χ0n) is 21.8. The van der Waals surface area contributed by atoms with Gasteiger partial charge in [0.1, 0.15) is 12.6 Å². The molecule has 2 aromatic rings. The second kappa shape index (κ2) is 12.7. The van der Waals surface area contributed by atoms with Gasteiger partial charge in [0.2, 0.25) is 21.8 Å². The van der Waals surface area contributed by atoms with Gasteiger partial charge in [0, 0.05) is 13.1 Å². The third kappa shape index (κ3) is 8.09. The predicted molar refractivity (Wildman–Crippen MR) is 142 cm³/mol. The highest BCUT2D eigenvalue weighted by Gasteiger charge is 2.32. The lowest BCUT2D eigenvalue weighted by Gasteiger charge is -2.33. The highest BCUT2D eigenvalue weighted by Crippen LogP contribution is 2.23. The van der Waals surface area contributed by atoms with Gasteiger partial charge >= 0.3 is 0 Å². The summed E-state index contributed by atoms with van der Waals surface area (Å²) in [5, 5.41) is 2.94. The van der Waals surface area contributed by atoms with Gasteiger partial charge < -0.3 is 10.2 Å². The molecule has 0 fully saturated rings. The molecule has 7 nitrogen and oxygen atoms in total. The Labute approximate surface area is 210 Å². The van der Waals surface area contributed by atoms with Gasteiger partial charge in [0.05, 0.1) is 11.9 Å². The number of carbonyl (C=O) groups is 2. The van der Waals surface area contributed by atoms with Gasteiger partial charge in [-0.05, 0) is 68.0 Å². The minimum absolute atomic E-state index is 0.218. The molecule has 0 saturated heterocycles. The molecule has 1 N–H and O–H groups in total. The third-order valence-corrected chi connectivity index (χ3v) is 7.13. The SMILES string of the molecule is CCCCNC(=O)C(CC)N(Cc1ccccc1C)C(=O)CN(c1cc(C)cc(C)c1)S(C)(=O)=O. The zero-order chi connectivity index (χ0) is 26.2. The maximum absolute atomic E-state index is 13.7. The molecule has 0 heterocycles. The number of hydrogen-bond acceptors (Lipinski definition) is 4. The fraction of sp³-hybridized carbons (Fsp3) is 0.481. The number of nitrogens with zero attached hydrogens (tertiary/aromatic N) is 2. The third-order valence-electron chi connectivity index (χ3n) is 5.99.